The summed E-state index contributed by atoms with van der Waals surface area (Å²) in [5, 5.41) is 22.4. The number of rotatable bonds is 7. The number of fused-ring (bicyclic) bond motifs is 4. The lowest BCUT2D eigenvalue weighted by Gasteiger charge is -2.20. The first kappa shape index (κ1) is 27.2. The van der Waals surface area contributed by atoms with Crippen molar-refractivity contribution in [3.05, 3.63) is 82.8 Å². The zero-order chi connectivity index (χ0) is 28.7. The molecule has 6 rings (SSSR count). The Hall–Kier alpha value is -4.00. The highest BCUT2D eigenvalue weighted by molar-refractivity contribution is 6.32. The maximum atomic E-state index is 10.2. The number of pyridine rings is 2. The molecular weight excluding hydrogens is 555 g/mol. The Morgan fingerprint density at radius 1 is 0.659 bits per heavy atom. The molecule has 0 fully saturated rings. The standard InChI is InChI=1S/C33H30Cl2N4O2/c1-33(2,3)18-41-22-7-11-28-26(17-22)32(24-9-5-20(35)15-30(24)39-28)37-13-12-36-31-23-8-4-19(34)14-29(23)38-27-10-6-21(40)16-25(27)31/h4-11,14-17,40H,12-13,18H2,1-3H3,(H,36,38)(H,37,39). The highest BCUT2D eigenvalue weighted by Gasteiger charge is 2.15. The fraction of sp³-hybridized carbons (Fsp3) is 0.212. The molecule has 0 saturated heterocycles. The summed E-state index contributed by atoms with van der Waals surface area (Å²) in [6, 6.07) is 22.6. The Labute approximate surface area is 248 Å². The van der Waals surface area contributed by atoms with Crippen LogP contribution in [0.15, 0.2) is 72.8 Å². The molecule has 6 aromatic rings. The monoisotopic (exact) mass is 584 g/mol. The first-order valence-electron chi connectivity index (χ1n) is 13.5. The lowest BCUT2D eigenvalue weighted by atomic mass is 9.99. The van der Waals surface area contributed by atoms with Crippen LogP contribution in [0.1, 0.15) is 20.8 Å². The second kappa shape index (κ2) is 10.8. The van der Waals surface area contributed by atoms with Gasteiger partial charge in [-0.15, -0.1) is 0 Å². The molecule has 41 heavy (non-hydrogen) atoms. The van der Waals surface area contributed by atoms with E-state index in [-0.39, 0.29) is 11.2 Å². The van der Waals surface area contributed by atoms with Crippen LogP contribution in [0, 0.1) is 5.41 Å². The number of nitrogens with one attached hydrogen (secondary N) is 2. The van der Waals surface area contributed by atoms with Gasteiger partial charge in [-0.3, -0.25) is 0 Å². The number of hydrogen-bond donors (Lipinski definition) is 3. The SMILES string of the molecule is CC(C)(C)COc1ccc2nc3cc(Cl)ccc3c(NCCNc3c4ccc(Cl)cc4nc4ccc(O)cc34)c2c1. The number of phenols is 1. The van der Waals surface area contributed by atoms with Gasteiger partial charge >= 0.3 is 0 Å². The van der Waals surface area contributed by atoms with Gasteiger partial charge in [0.15, 0.2) is 0 Å². The molecule has 0 spiro atoms. The van der Waals surface area contributed by atoms with Gasteiger partial charge in [0, 0.05) is 44.7 Å². The van der Waals surface area contributed by atoms with Crippen molar-refractivity contribution in [1.29, 1.82) is 0 Å². The molecule has 4 aromatic carbocycles. The Morgan fingerprint density at radius 3 is 1.76 bits per heavy atom. The van der Waals surface area contributed by atoms with E-state index in [2.05, 4.69) is 31.4 Å². The van der Waals surface area contributed by atoms with Crippen LogP contribution in [-0.4, -0.2) is 34.8 Å². The van der Waals surface area contributed by atoms with Crippen LogP contribution in [0.4, 0.5) is 11.4 Å². The van der Waals surface area contributed by atoms with Crippen LogP contribution in [0.5, 0.6) is 11.5 Å². The summed E-state index contributed by atoms with van der Waals surface area (Å²) in [4.78, 5) is 9.62. The van der Waals surface area contributed by atoms with Crippen molar-refractivity contribution < 1.29 is 9.84 Å². The van der Waals surface area contributed by atoms with Crippen molar-refractivity contribution in [3.63, 3.8) is 0 Å². The minimum Gasteiger partial charge on any atom is -0.508 e. The van der Waals surface area contributed by atoms with Gasteiger partial charge in [-0.2, -0.15) is 0 Å². The van der Waals surface area contributed by atoms with Crippen molar-refractivity contribution in [3.8, 4) is 11.5 Å². The van der Waals surface area contributed by atoms with Gasteiger partial charge in [0.25, 0.3) is 0 Å². The van der Waals surface area contributed by atoms with Gasteiger partial charge in [-0.25, -0.2) is 9.97 Å². The molecule has 0 aliphatic rings. The average Bonchev–Trinajstić information content (AvgIpc) is 2.92. The fourth-order valence-electron chi connectivity index (χ4n) is 4.95. The maximum absolute atomic E-state index is 10.2. The van der Waals surface area contributed by atoms with Crippen LogP contribution in [0.25, 0.3) is 43.6 Å². The Kier molecular flexibility index (Phi) is 7.14. The Balaban J connectivity index is 1.33. The molecule has 208 valence electrons. The fourth-order valence-corrected chi connectivity index (χ4v) is 5.28. The Morgan fingerprint density at radius 2 is 1.20 bits per heavy atom. The van der Waals surface area contributed by atoms with Crippen LogP contribution in [0.3, 0.4) is 0 Å². The topological polar surface area (TPSA) is 79.3 Å². The first-order valence-corrected chi connectivity index (χ1v) is 14.3. The quantitative estimate of drug-likeness (QED) is 0.128. The van der Waals surface area contributed by atoms with Crippen molar-refractivity contribution in [2.75, 3.05) is 30.3 Å². The molecule has 8 heteroatoms. The summed E-state index contributed by atoms with van der Waals surface area (Å²) >= 11 is 12.6. The Bertz CT molecular complexity index is 1940. The van der Waals surface area contributed by atoms with Crippen molar-refractivity contribution in [1.82, 2.24) is 9.97 Å². The number of benzene rings is 4. The minimum atomic E-state index is 0.0452. The van der Waals surface area contributed by atoms with Gasteiger partial charge in [0.1, 0.15) is 11.5 Å². The number of ether oxygens (including phenoxy) is 1. The van der Waals surface area contributed by atoms with Crippen molar-refractivity contribution >= 4 is 78.2 Å². The van der Waals surface area contributed by atoms with Gasteiger partial charge < -0.3 is 20.5 Å². The summed E-state index contributed by atoms with van der Waals surface area (Å²) in [6.07, 6.45) is 0. The molecule has 6 nitrogen and oxygen atoms in total. The molecule has 0 radical (unpaired) electrons. The zero-order valence-corrected chi connectivity index (χ0v) is 24.6. The van der Waals surface area contributed by atoms with Crippen LogP contribution in [-0.2, 0) is 0 Å². The molecule has 3 N–H and O–H groups in total. The van der Waals surface area contributed by atoms with E-state index in [1.807, 2.05) is 60.7 Å². The normalized spacial score (nSPS) is 11.9. The van der Waals surface area contributed by atoms with E-state index in [1.165, 1.54) is 0 Å². The number of nitrogens with zero attached hydrogens (tertiary/aromatic N) is 2. The largest absolute Gasteiger partial charge is 0.508 e. The molecular formula is C33H30Cl2N4O2. The smallest absolute Gasteiger partial charge is 0.120 e. The van der Waals surface area contributed by atoms with Crippen LogP contribution < -0.4 is 15.4 Å². The molecule has 2 heterocycles. The van der Waals surface area contributed by atoms with Gasteiger partial charge in [0.2, 0.25) is 0 Å². The van der Waals surface area contributed by atoms with Gasteiger partial charge in [-0.1, -0.05) is 44.0 Å². The third kappa shape index (κ3) is 5.76. The molecule has 2 aromatic heterocycles. The summed E-state index contributed by atoms with van der Waals surface area (Å²) in [5.41, 5.74) is 5.16. The lowest BCUT2D eigenvalue weighted by Crippen LogP contribution is -2.17. The predicted octanol–water partition coefficient (Wildman–Crippen LogP) is 9.05. The van der Waals surface area contributed by atoms with Crippen molar-refractivity contribution in [2.45, 2.75) is 20.8 Å². The molecule has 0 atom stereocenters. The number of phenolic OH excluding ortho intramolecular Hbond substituents is 1. The third-order valence-electron chi connectivity index (χ3n) is 6.83. The minimum absolute atomic E-state index is 0.0452. The predicted molar refractivity (Wildman–Crippen MR) is 172 cm³/mol. The number of halogens is 2. The van der Waals surface area contributed by atoms with E-state index in [4.69, 9.17) is 37.9 Å². The van der Waals surface area contributed by atoms with E-state index >= 15 is 0 Å². The summed E-state index contributed by atoms with van der Waals surface area (Å²) in [5.74, 6) is 0.989. The van der Waals surface area contributed by atoms with Gasteiger partial charge in [-0.05, 0) is 78.2 Å². The summed E-state index contributed by atoms with van der Waals surface area (Å²) < 4.78 is 6.12. The van der Waals surface area contributed by atoms with Crippen LogP contribution in [0.2, 0.25) is 10.0 Å². The molecule has 0 amide bonds. The number of hydrogen-bond acceptors (Lipinski definition) is 6. The molecule has 0 aliphatic carbocycles. The lowest BCUT2D eigenvalue weighted by molar-refractivity contribution is 0.198. The van der Waals surface area contributed by atoms with Crippen molar-refractivity contribution in [2.24, 2.45) is 5.41 Å². The molecule has 0 bridgehead atoms. The zero-order valence-electron chi connectivity index (χ0n) is 23.1. The highest BCUT2D eigenvalue weighted by Crippen LogP contribution is 2.36. The van der Waals surface area contributed by atoms with E-state index in [0.717, 1.165) is 60.7 Å². The van der Waals surface area contributed by atoms with E-state index in [1.54, 1.807) is 12.1 Å². The van der Waals surface area contributed by atoms with Gasteiger partial charge in [0.05, 0.1) is 40.0 Å². The van der Waals surface area contributed by atoms with E-state index in [0.29, 0.717) is 29.7 Å². The number of aromatic hydroxyl groups is 1. The second-order valence-electron chi connectivity index (χ2n) is 11.4. The molecule has 0 unspecified atom stereocenters. The van der Waals surface area contributed by atoms with E-state index in [9.17, 15) is 5.11 Å². The third-order valence-corrected chi connectivity index (χ3v) is 7.30. The maximum Gasteiger partial charge on any atom is 0.120 e. The average molecular weight is 586 g/mol. The number of anilines is 2. The van der Waals surface area contributed by atoms with E-state index < -0.39 is 0 Å². The molecule has 0 aliphatic heterocycles. The highest BCUT2D eigenvalue weighted by atomic mass is 35.5. The summed E-state index contributed by atoms with van der Waals surface area (Å²) in [6.45, 7) is 8.28. The number of aromatic nitrogens is 2. The second-order valence-corrected chi connectivity index (χ2v) is 12.3. The molecule has 0 saturated carbocycles. The first-order chi connectivity index (χ1) is 19.6. The van der Waals surface area contributed by atoms with Crippen LogP contribution >= 0.6 is 23.2 Å². The summed E-state index contributed by atoms with van der Waals surface area (Å²) in [7, 11) is 0.